The smallest absolute Gasteiger partial charge is 0.375 e. The first-order valence-electron chi connectivity index (χ1n) is 7.21. The first-order valence-corrected chi connectivity index (χ1v) is 7.21. The minimum absolute atomic E-state index is 0.222. The van der Waals surface area contributed by atoms with E-state index in [1.807, 2.05) is 18.9 Å². The fourth-order valence-electron chi connectivity index (χ4n) is 2.04. The third-order valence-electron chi connectivity index (χ3n) is 3.59. The maximum absolute atomic E-state index is 13.7. The monoisotopic (exact) mass is 340 g/mol. The van der Waals surface area contributed by atoms with Gasteiger partial charge < -0.3 is 10.2 Å². The van der Waals surface area contributed by atoms with E-state index in [2.05, 4.69) is 5.32 Å². The van der Waals surface area contributed by atoms with Crippen LogP contribution in [0.2, 0.25) is 0 Å². The molecule has 2 aromatic rings. The quantitative estimate of drug-likeness (QED) is 0.828. The maximum atomic E-state index is 13.7. The average Bonchev–Trinajstić information content (AvgIpc) is 2.55. The number of alkyl halides is 3. The Hall–Kier alpha value is -2.57. The fraction of sp³-hybridized carbons (Fsp3) is 0.235. The normalized spacial score (nSPS) is 11.2. The van der Waals surface area contributed by atoms with Crippen molar-refractivity contribution in [2.45, 2.75) is 13.1 Å². The second kappa shape index (κ2) is 6.90. The molecule has 0 aliphatic heterocycles. The summed E-state index contributed by atoms with van der Waals surface area (Å²) in [4.78, 5) is 14.1. The van der Waals surface area contributed by atoms with Crippen LogP contribution in [-0.4, -0.2) is 19.5 Å². The summed E-state index contributed by atoms with van der Waals surface area (Å²) in [6, 6.07) is 8.36. The van der Waals surface area contributed by atoms with Crippen molar-refractivity contribution in [3.63, 3.8) is 0 Å². The van der Waals surface area contributed by atoms with Gasteiger partial charge in [-0.05, 0) is 49.4 Å². The van der Waals surface area contributed by atoms with Crippen LogP contribution >= 0.6 is 0 Å². The Labute approximate surface area is 136 Å². The van der Waals surface area contributed by atoms with Gasteiger partial charge in [-0.15, -0.1) is 0 Å². The third-order valence-corrected chi connectivity index (χ3v) is 3.59. The Morgan fingerprint density at radius 1 is 1.12 bits per heavy atom. The zero-order chi connectivity index (χ0) is 17.9. The molecule has 0 saturated carbocycles. The molecule has 0 bridgehead atoms. The van der Waals surface area contributed by atoms with Crippen molar-refractivity contribution >= 4 is 17.3 Å². The molecule has 0 aliphatic carbocycles. The lowest BCUT2D eigenvalue weighted by Crippen LogP contribution is -2.17. The predicted molar refractivity (Wildman–Crippen MR) is 84.7 cm³/mol. The van der Waals surface area contributed by atoms with E-state index in [1.165, 1.54) is 12.1 Å². The fourth-order valence-corrected chi connectivity index (χ4v) is 2.04. The highest BCUT2D eigenvalue weighted by Crippen LogP contribution is 2.32. The standard InChI is InChI=1S/C17H16F4N2O/c1-3-23(2)13-7-4-11(5-8-13)16(24)22-15-10-12(17(19,20)21)6-9-14(15)18/h4-10H,3H2,1-2H3,(H,22,24). The zero-order valence-corrected chi connectivity index (χ0v) is 13.1. The highest BCUT2D eigenvalue weighted by Gasteiger charge is 2.31. The lowest BCUT2D eigenvalue weighted by molar-refractivity contribution is -0.137. The van der Waals surface area contributed by atoms with Crippen LogP contribution in [0, 0.1) is 5.82 Å². The summed E-state index contributed by atoms with van der Waals surface area (Å²) in [5.74, 6) is -1.61. The largest absolute Gasteiger partial charge is 0.416 e. The zero-order valence-electron chi connectivity index (χ0n) is 13.1. The number of hydrogen-bond acceptors (Lipinski definition) is 2. The summed E-state index contributed by atoms with van der Waals surface area (Å²) < 4.78 is 51.7. The summed E-state index contributed by atoms with van der Waals surface area (Å²) >= 11 is 0. The van der Waals surface area contributed by atoms with Crippen LogP contribution in [0.3, 0.4) is 0 Å². The van der Waals surface area contributed by atoms with Gasteiger partial charge in [-0.2, -0.15) is 13.2 Å². The Kier molecular flexibility index (Phi) is 5.11. The molecular weight excluding hydrogens is 324 g/mol. The average molecular weight is 340 g/mol. The van der Waals surface area contributed by atoms with Crippen LogP contribution in [0.1, 0.15) is 22.8 Å². The maximum Gasteiger partial charge on any atom is 0.416 e. The van der Waals surface area contributed by atoms with E-state index in [0.717, 1.165) is 12.2 Å². The summed E-state index contributed by atoms with van der Waals surface area (Å²) in [6.45, 7) is 2.75. The van der Waals surface area contributed by atoms with Crippen LogP contribution in [0.4, 0.5) is 28.9 Å². The van der Waals surface area contributed by atoms with Crippen molar-refractivity contribution in [2.75, 3.05) is 23.8 Å². The van der Waals surface area contributed by atoms with Gasteiger partial charge in [0, 0.05) is 24.8 Å². The SMILES string of the molecule is CCN(C)c1ccc(C(=O)Nc2cc(C(F)(F)F)ccc2F)cc1. The van der Waals surface area contributed by atoms with Gasteiger partial charge in [-0.1, -0.05) is 0 Å². The second-order valence-electron chi connectivity index (χ2n) is 5.21. The van der Waals surface area contributed by atoms with E-state index in [1.54, 1.807) is 12.1 Å². The van der Waals surface area contributed by atoms with Crippen LogP contribution in [0.25, 0.3) is 0 Å². The first kappa shape index (κ1) is 17.8. The molecule has 128 valence electrons. The van der Waals surface area contributed by atoms with Crippen molar-refractivity contribution in [3.8, 4) is 0 Å². The molecule has 0 unspecified atom stereocenters. The molecule has 0 heterocycles. The van der Waals surface area contributed by atoms with Gasteiger partial charge in [0.05, 0.1) is 11.3 Å². The number of hydrogen-bond donors (Lipinski definition) is 1. The predicted octanol–water partition coefficient (Wildman–Crippen LogP) is 4.55. The Morgan fingerprint density at radius 2 is 1.75 bits per heavy atom. The summed E-state index contributed by atoms with van der Waals surface area (Å²) in [5, 5.41) is 2.17. The highest BCUT2D eigenvalue weighted by atomic mass is 19.4. The summed E-state index contributed by atoms with van der Waals surface area (Å²) in [6.07, 6.45) is -4.61. The van der Waals surface area contributed by atoms with Crippen molar-refractivity contribution < 1.29 is 22.4 Å². The lowest BCUT2D eigenvalue weighted by Gasteiger charge is -2.17. The molecule has 0 aromatic heterocycles. The van der Waals surface area contributed by atoms with Gasteiger partial charge in [0.2, 0.25) is 0 Å². The molecule has 0 radical (unpaired) electrons. The number of carbonyl (C=O) groups excluding carboxylic acids is 1. The highest BCUT2D eigenvalue weighted by molar-refractivity contribution is 6.04. The van der Waals surface area contributed by atoms with E-state index in [0.29, 0.717) is 18.2 Å². The molecule has 3 nitrogen and oxygen atoms in total. The van der Waals surface area contributed by atoms with Crippen LogP contribution in [0.15, 0.2) is 42.5 Å². The minimum atomic E-state index is -4.61. The summed E-state index contributed by atoms with van der Waals surface area (Å²) in [5.41, 5.74) is -0.428. The molecule has 2 aromatic carbocycles. The first-order chi connectivity index (χ1) is 11.2. The molecular formula is C17H16F4N2O. The van der Waals surface area contributed by atoms with E-state index in [4.69, 9.17) is 0 Å². The van der Waals surface area contributed by atoms with Crippen molar-refractivity contribution in [1.29, 1.82) is 0 Å². The molecule has 2 rings (SSSR count). The molecule has 0 aliphatic rings. The van der Waals surface area contributed by atoms with E-state index in [-0.39, 0.29) is 5.56 Å². The number of amides is 1. The van der Waals surface area contributed by atoms with Crippen LogP contribution < -0.4 is 10.2 Å². The second-order valence-corrected chi connectivity index (χ2v) is 5.21. The van der Waals surface area contributed by atoms with Crippen molar-refractivity contribution in [2.24, 2.45) is 0 Å². The molecule has 7 heteroatoms. The van der Waals surface area contributed by atoms with E-state index >= 15 is 0 Å². The minimum Gasteiger partial charge on any atom is -0.375 e. The Bertz CT molecular complexity index is 726. The number of benzene rings is 2. The van der Waals surface area contributed by atoms with E-state index in [9.17, 15) is 22.4 Å². The van der Waals surface area contributed by atoms with Gasteiger partial charge in [0.1, 0.15) is 5.82 Å². The number of anilines is 2. The Morgan fingerprint density at radius 3 is 2.29 bits per heavy atom. The number of halogens is 4. The molecule has 1 N–H and O–H groups in total. The van der Waals surface area contributed by atoms with Gasteiger partial charge in [0.25, 0.3) is 5.91 Å². The summed E-state index contributed by atoms with van der Waals surface area (Å²) in [7, 11) is 1.88. The Balaban J connectivity index is 2.20. The topological polar surface area (TPSA) is 32.3 Å². The molecule has 0 saturated heterocycles. The van der Waals surface area contributed by atoms with Crippen LogP contribution in [0.5, 0.6) is 0 Å². The van der Waals surface area contributed by atoms with Crippen molar-refractivity contribution in [1.82, 2.24) is 0 Å². The molecule has 0 atom stereocenters. The number of nitrogens with zero attached hydrogens (tertiary/aromatic N) is 1. The number of nitrogens with one attached hydrogen (secondary N) is 1. The molecule has 1 amide bonds. The third kappa shape index (κ3) is 4.04. The van der Waals surface area contributed by atoms with Crippen molar-refractivity contribution in [3.05, 3.63) is 59.4 Å². The number of rotatable bonds is 4. The van der Waals surface area contributed by atoms with Gasteiger partial charge in [-0.3, -0.25) is 4.79 Å². The molecule has 0 spiro atoms. The molecule has 24 heavy (non-hydrogen) atoms. The van der Waals surface area contributed by atoms with Gasteiger partial charge >= 0.3 is 6.18 Å². The van der Waals surface area contributed by atoms with Gasteiger partial charge in [0.15, 0.2) is 0 Å². The molecule has 0 fully saturated rings. The van der Waals surface area contributed by atoms with Crippen LogP contribution in [-0.2, 0) is 6.18 Å². The number of carbonyl (C=O) groups is 1. The van der Waals surface area contributed by atoms with E-state index < -0.39 is 29.2 Å². The van der Waals surface area contributed by atoms with Gasteiger partial charge in [-0.25, -0.2) is 4.39 Å². The lowest BCUT2D eigenvalue weighted by atomic mass is 10.1.